The second kappa shape index (κ2) is 5.40. The molecule has 0 aromatic carbocycles. The van der Waals surface area contributed by atoms with Gasteiger partial charge in [-0.3, -0.25) is 0 Å². The van der Waals surface area contributed by atoms with Gasteiger partial charge in [-0.2, -0.15) is 9.61 Å². The third-order valence-corrected chi connectivity index (χ3v) is 4.91. The SMILES string of the molecule is N[C@H]1CC[C@H](Nc2cc(CC3CC(F)(F)C3)nc3ccnn23)C1. The fraction of sp³-hybridized carbons (Fsp3) is 0.625. The number of fused-ring (bicyclic) bond motifs is 1. The van der Waals surface area contributed by atoms with Crippen LogP contribution in [0.4, 0.5) is 14.6 Å². The van der Waals surface area contributed by atoms with E-state index < -0.39 is 5.92 Å². The fourth-order valence-electron chi connectivity index (χ4n) is 3.75. The molecule has 0 unspecified atom stereocenters. The Labute approximate surface area is 133 Å². The second-order valence-corrected chi connectivity index (χ2v) is 6.98. The Morgan fingerprint density at radius 3 is 2.87 bits per heavy atom. The highest BCUT2D eigenvalue weighted by Crippen LogP contribution is 2.43. The van der Waals surface area contributed by atoms with Gasteiger partial charge in [0, 0.05) is 42.8 Å². The first kappa shape index (κ1) is 14.8. The maximum Gasteiger partial charge on any atom is 0.248 e. The van der Waals surface area contributed by atoms with Gasteiger partial charge in [0.15, 0.2) is 5.65 Å². The molecule has 5 nitrogen and oxygen atoms in total. The van der Waals surface area contributed by atoms with E-state index in [1.165, 1.54) is 0 Å². The van der Waals surface area contributed by atoms with Crippen LogP contribution in [0, 0.1) is 5.92 Å². The van der Waals surface area contributed by atoms with Gasteiger partial charge < -0.3 is 11.1 Å². The van der Waals surface area contributed by atoms with Gasteiger partial charge in [-0.25, -0.2) is 13.8 Å². The minimum absolute atomic E-state index is 0.0237. The van der Waals surface area contributed by atoms with Crippen molar-refractivity contribution in [3.8, 4) is 0 Å². The molecular weight excluding hydrogens is 300 g/mol. The molecule has 0 spiro atoms. The van der Waals surface area contributed by atoms with Crippen molar-refractivity contribution >= 4 is 11.5 Å². The smallest absolute Gasteiger partial charge is 0.248 e. The quantitative estimate of drug-likeness (QED) is 0.908. The number of anilines is 1. The zero-order valence-corrected chi connectivity index (χ0v) is 12.9. The van der Waals surface area contributed by atoms with E-state index in [0.29, 0.717) is 12.5 Å². The van der Waals surface area contributed by atoms with Crippen LogP contribution in [0.1, 0.15) is 37.8 Å². The van der Waals surface area contributed by atoms with Crippen molar-refractivity contribution in [3.05, 3.63) is 24.0 Å². The molecule has 2 aromatic heterocycles. The zero-order chi connectivity index (χ0) is 16.0. The molecule has 2 heterocycles. The number of nitrogens with two attached hydrogens (primary N) is 1. The van der Waals surface area contributed by atoms with E-state index in [9.17, 15) is 8.78 Å². The largest absolute Gasteiger partial charge is 0.367 e. The van der Waals surface area contributed by atoms with Gasteiger partial charge in [0.25, 0.3) is 0 Å². The Morgan fingerprint density at radius 1 is 1.35 bits per heavy atom. The molecule has 3 N–H and O–H groups in total. The van der Waals surface area contributed by atoms with Crippen LogP contribution in [0.3, 0.4) is 0 Å². The Kier molecular flexibility index (Phi) is 3.48. The van der Waals surface area contributed by atoms with E-state index >= 15 is 0 Å². The number of hydrogen-bond acceptors (Lipinski definition) is 4. The van der Waals surface area contributed by atoms with Crippen molar-refractivity contribution in [1.82, 2.24) is 14.6 Å². The van der Waals surface area contributed by atoms with Crippen LogP contribution in [0.2, 0.25) is 0 Å². The maximum absolute atomic E-state index is 13.0. The molecular formula is C16H21F2N5. The molecule has 2 saturated carbocycles. The summed E-state index contributed by atoms with van der Waals surface area (Å²) in [4.78, 5) is 4.55. The van der Waals surface area contributed by atoms with Gasteiger partial charge >= 0.3 is 0 Å². The van der Waals surface area contributed by atoms with Crippen LogP contribution in [0.25, 0.3) is 5.65 Å². The number of hydrogen-bond donors (Lipinski definition) is 2. The summed E-state index contributed by atoms with van der Waals surface area (Å²) in [5.41, 5.74) is 7.57. The molecule has 2 aromatic rings. The van der Waals surface area contributed by atoms with Crippen molar-refractivity contribution < 1.29 is 8.78 Å². The lowest BCUT2D eigenvalue weighted by atomic mass is 9.78. The highest BCUT2D eigenvalue weighted by Gasteiger charge is 2.45. The van der Waals surface area contributed by atoms with Crippen molar-refractivity contribution in [2.45, 2.75) is 56.5 Å². The number of aromatic nitrogens is 3. The molecule has 0 bridgehead atoms. The Morgan fingerprint density at radius 2 is 2.17 bits per heavy atom. The third kappa shape index (κ3) is 3.02. The van der Waals surface area contributed by atoms with Crippen LogP contribution >= 0.6 is 0 Å². The molecule has 0 amide bonds. The number of rotatable bonds is 4. The summed E-state index contributed by atoms with van der Waals surface area (Å²) in [6.07, 6.45) is 5.24. The maximum atomic E-state index is 13.0. The van der Waals surface area contributed by atoms with Crippen molar-refractivity contribution in [1.29, 1.82) is 0 Å². The van der Waals surface area contributed by atoms with E-state index in [4.69, 9.17) is 5.73 Å². The topological polar surface area (TPSA) is 68.2 Å². The first-order chi connectivity index (χ1) is 11.0. The number of nitrogens with zero attached hydrogens (tertiary/aromatic N) is 3. The molecule has 4 rings (SSSR count). The zero-order valence-electron chi connectivity index (χ0n) is 12.9. The summed E-state index contributed by atoms with van der Waals surface area (Å²) in [7, 11) is 0. The summed E-state index contributed by atoms with van der Waals surface area (Å²) in [5.74, 6) is -1.58. The van der Waals surface area contributed by atoms with Gasteiger partial charge in [-0.1, -0.05) is 0 Å². The van der Waals surface area contributed by atoms with Crippen LogP contribution < -0.4 is 11.1 Å². The molecule has 2 fully saturated rings. The van der Waals surface area contributed by atoms with E-state index in [0.717, 1.165) is 36.4 Å². The summed E-state index contributed by atoms with van der Waals surface area (Å²) in [6, 6.07) is 4.37. The minimum atomic E-state index is -2.48. The van der Waals surface area contributed by atoms with E-state index in [1.807, 2.05) is 12.1 Å². The molecule has 124 valence electrons. The first-order valence-corrected chi connectivity index (χ1v) is 8.22. The molecule has 7 heteroatoms. The second-order valence-electron chi connectivity index (χ2n) is 6.98. The van der Waals surface area contributed by atoms with Gasteiger partial charge in [0.2, 0.25) is 5.92 Å². The van der Waals surface area contributed by atoms with Crippen molar-refractivity contribution in [3.63, 3.8) is 0 Å². The normalized spacial score (nSPS) is 27.3. The molecule has 23 heavy (non-hydrogen) atoms. The lowest BCUT2D eigenvalue weighted by Crippen LogP contribution is -2.36. The van der Waals surface area contributed by atoms with Crippen LogP contribution in [-0.2, 0) is 6.42 Å². The average molecular weight is 321 g/mol. The highest BCUT2D eigenvalue weighted by molar-refractivity contribution is 5.49. The molecule has 2 atom stereocenters. The summed E-state index contributed by atoms with van der Waals surface area (Å²) in [5, 5.41) is 7.80. The summed E-state index contributed by atoms with van der Waals surface area (Å²) >= 11 is 0. The Hall–Kier alpha value is -1.76. The highest BCUT2D eigenvalue weighted by atomic mass is 19.3. The van der Waals surface area contributed by atoms with Crippen LogP contribution in [0.15, 0.2) is 18.3 Å². The number of nitrogens with one attached hydrogen (secondary N) is 1. The molecule has 2 aliphatic rings. The third-order valence-electron chi connectivity index (χ3n) is 4.91. The van der Waals surface area contributed by atoms with Crippen LogP contribution in [0.5, 0.6) is 0 Å². The molecule has 0 radical (unpaired) electrons. The van der Waals surface area contributed by atoms with Gasteiger partial charge in [-0.05, 0) is 31.6 Å². The molecule has 0 aliphatic heterocycles. The van der Waals surface area contributed by atoms with Gasteiger partial charge in [-0.15, -0.1) is 0 Å². The van der Waals surface area contributed by atoms with E-state index in [1.54, 1.807) is 10.7 Å². The van der Waals surface area contributed by atoms with Gasteiger partial charge in [0.05, 0.1) is 6.20 Å². The monoisotopic (exact) mass is 321 g/mol. The van der Waals surface area contributed by atoms with Crippen molar-refractivity contribution in [2.24, 2.45) is 11.7 Å². The average Bonchev–Trinajstić information content (AvgIpc) is 3.06. The standard InChI is InChI=1S/C16H21F2N5/c17-16(18)8-10(9-16)5-13-7-15(21-12-2-1-11(19)6-12)23-14(22-13)3-4-20-23/h3-4,7,10-12,21H,1-2,5-6,8-9,19H2/t11-,12-/m0/s1. The van der Waals surface area contributed by atoms with E-state index in [2.05, 4.69) is 15.4 Å². The minimum Gasteiger partial charge on any atom is -0.367 e. The lowest BCUT2D eigenvalue weighted by Gasteiger charge is -2.34. The summed E-state index contributed by atoms with van der Waals surface area (Å²) in [6.45, 7) is 0. The van der Waals surface area contributed by atoms with Crippen molar-refractivity contribution in [2.75, 3.05) is 5.32 Å². The Balaban J connectivity index is 1.55. The fourth-order valence-corrected chi connectivity index (χ4v) is 3.75. The first-order valence-electron chi connectivity index (χ1n) is 8.22. The predicted octanol–water partition coefficient (Wildman–Crippen LogP) is 2.61. The Bertz CT molecular complexity index is 706. The number of halogens is 2. The van der Waals surface area contributed by atoms with Crippen LogP contribution in [-0.4, -0.2) is 32.6 Å². The molecule has 2 aliphatic carbocycles. The van der Waals surface area contributed by atoms with E-state index in [-0.39, 0.29) is 24.8 Å². The lowest BCUT2D eigenvalue weighted by molar-refractivity contribution is -0.109. The molecule has 0 saturated heterocycles. The summed E-state index contributed by atoms with van der Waals surface area (Å²) < 4.78 is 27.8. The van der Waals surface area contributed by atoms with Gasteiger partial charge in [0.1, 0.15) is 5.82 Å². The number of alkyl halides is 2. The predicted molar refractivity (Wildman–Crippen MR) is 83.6 cm³/mol.